The zero-order chi connectivity index (χ0) is 25.7. The summed E-state index contributed by atoms with van der Waals surface area (Å²) in [6, 6.07) is 20.1. The molecule has 0 aliphatic carbocycles. The molecular weight excluding hydrogens is 456 g/mol. The molecule has 1 aliphatic heterocycles. The number of aryl methyl sites for hydroxylation is 1. The summed E-state index contributed by atoms with van der Waals surface area (Å²) in [7, 11) is 3.84. The third kappa shape index (κ3) is 5.53. The summed E-state index contributed by atoms with van der Waals surface area (Å²) in [6.07, 6.45) is 3.43. The van der Waals surface area contributed by atoms with Crippen molar-refractivity contribution < 1.29 is 18.7 Å². The second kappa shape index (κ2) is 10.7. The van der Waals surface area contributed by atoms with E-state index in [1.165, 1.54) is 17.3 Å². The van der Waals surface area contributed by atoms with Crippen molar-refractivity contribution in [1.82, 2.24) is 5.01 Å². The highest BCUT2D eigenvalue weighted by molar-refractivity contribution is 6.03. The molecule has 2 heterocycles. The van der Waals surface area contributed by atoms with Crippen LogP contribution in [0.15, 0.2) is 82.0 Å². The molecule has 0 saturated heterocycles. The van der Waals surface area contributed by atoms with Crippen molar-refractivity contribution >= 4 is 29.4 Å². The minimum Gasteiger partial charge on any atom is -0.467 e. The molecule has 8 heteroatoms. The number of hydrazone groups is 1. The Bertz CT molecular complexity index is 1330. The molecule has 3 aromatic rings. The molecule has 0 saturated carbocycles. The van der Waals surface area contributed by atoms with E-state index in [1.807, 2.05) is 68.4 Å². The highest BCUT2D eigenvalue weighted by Crippen LogP contribution is 2.33. The van der Waals surface area contributed by atoms with Crippen molar-refractivity contribution in [1.29, 1.82) is 5.26 Å². The van der Waals surface area contributed by atoms with Gasteiger partial charge in [-0.15, -0.1) is 0 Å². The van der Waals surface area contributed by atoms with Gasteiger partial charge in [0, 0.05) is 26.2 Å². The second-order valence-corrected chi connectivity index (χ2v) is 8.62. The fraction of sp³-hybridized carbons (Fsp3) is 0.214. The minimum absolute atomic E-state index is 0.201. The lowest BCUT2D eigenvalue weighted by Gasteiger charge is -2.19. The monoisotopic (exact) mass is 482 g/mol. The van der Waals surface area contributed by atoms with Crippen LogP contribution < -0.4 is 4.90 Å². The second-order valence-electron chi connectivity index (χ2n) is 8.62. The number of carbonyl (C=O) groups excluding carboxylic acids is 2. The number of nitrogens with zero attached hydrogens (tertiary/aromatic N) is 4. The van der Waals surface area contributed by atoms with Crippen molar-refractivity contribution in [2.75, 3.05) is 25.6 Å². The van der Waals surface area contributed by atoms with Gasteiger partial charge >= 0.3 is 5.97 Å². The summed E-state index contributed by atoms with van der Waals surface area (Å²) in [4.78, 5) is 27.5. The fourth-order valence-electron chi connectivity index (χ4n) is 3.81. The molecule has 1 aromatic heterocycles. The van der Waals surface area contributed by atoms with Crippen molar-refractivity contribution in [3.05, 3.63) is 95.0 Å². The van der Waals surface area contributed by atoms with Gasteiger partial charge in [-0.1, -0.05) is 42.0 Å². The summed E-state index contributed by atoms with van der Waals surface area (Å²) in [6.45, 7) is 1.44. The van der Waals surface area contributed by atoms with Gasteiger partial charge in [-0.05, 0) is 48.4 Å². The Morgan fingerprint density at radius 1 is 1.17 bits per heavy atom. The normalized spacial score (nSPS) is 15.3. The number of benzene rings is 2. The van der Waals surface area contributed by atoms with Crippen LogP contribution >= 0.6 is 0 Å². The number of hydrogen-bond acceptors (Lipinski definition) is 7. The molecule has 1 amide bonds. The topological polar surface area (TPSA) is 99.1 Å². The Hall–Kier alpha value is -4.64. The SMILES string of the molecule is Cc1ccc(C2=NN(C(=O)COC(=O)/C(C#N)=C/c3ccc(N(C)C)cc3)C(c3ccco3)C2)cc1. The van der Waals surface area contributed by atoms with E-state index in [2.05, 4.69) is 5.10 Å². The van der Waals surface area contributed by atoms with Crippen LogP contribution in [-0.4, -0.2) is 43.3 Å². The van der Waals surface area contributed by atoms with Crippen LogP contribution in [0.5, 0.6) is 0 Å². The van der Waals surface area contributed by atoms with E-state index in [9.17, 15) is 14.9 Å². The van der Waals surface area contributed by atoms with E-state index in [0.29, 0.717) is 17.7 Å². The molecule has 1 aliphatic rings. The molecule has 36 heavy (non-hydrogen) atoms. The van der Waals surface area contributed by atoms with E-state index in [0.717, 1.165) is 22.5 Å². The summed E-state index contributed by atoms with van der Waals surface area (Å²) in [5.41, 5.74) is 4.21. The quantitative estimate of drug-likeness (QED) is 0.280. The van der Waals surface area contributed by atoms with Gasteiger partial charge in [0.2, 0.25) is 0 Å². The first-order valence-electron chi connectivity index (χ1n) is 11.4. The predicted molar refractivity (Wildman–Crippen MR) is 136 cm³/mol. The summed E-state index contributed by atoms with van der Waals surface area (Å²) in [5.74, 6) is -0.808. The number of rotatable bonds is 7. The molecule has 1 atom stereocenters. The highest BCUT2D eigenvalue weighted by Gasteiger charge is 2.35. The van der Waals surface area contributed by atoms with Crippen LogP contribution in [0.2, 0.25) is 0 Å². The van der Waals surface area contributed by atoms with Crippen LogP contribution in [0, 0.1) is 18.3 Å². The zero-order valence-corrected chi connectivity index (χ0v) is 20.3. The molecule has 8 nitrogen and oxygen atoms in total. The van der Waals surface area contributed by atoms with Crippen LogP contribution in [-0.2, 0) is 14.3 Å². The standard InChI is InChI=1S/C28H26N4O4/c1-19-6-10-21(11-7-19)24-16-25(26-5-4-14-35-26)32(30-24)27(33)18-36-28(34)22(17-29)15-20-8-12-23(13-9-20)31(2)3/h4-15,25H,16,18H2,1-3H3/b22-15+. The number of carbonyl (C=O) groups is 2. The van der Waals surface area contributed by atoms with Gasteiger partial charge in [-0.2, -0.15) is 10.4 Å². The summed E-state index contributed by atoms with van der Waals surface area (Å²) in [5, 5.41) is 15.3. The molecule has 0 bridgehead atoms. The van der Waals surface area contributed by atoms with Crippen molar-refractivity contribution in [2.45, 2.75) is 19.4 Å². The van der Waals surface area contributed by atoms with Gasteiger partial charge in [0.15, 0.2) is 6.61 Å². The van der Waals surface area contributed by atoms with Gasteiger partial charge in [0.05, 0.1) is 12.0 Å². The van der Waals surface area contributed by atoms with E-state index in [-0.39, 0.29) is 5.57 Å². The van der Waals surface area contributed by atoms with E-state index < -0.39 is 24.5 Å². The molecule has 0 radical (unpaired) electrons. The van der Waals surface area contributed by atoms with Gasteiger partial charge in [-0.3, -0.25) is 4.79 Å². The van der Waals surface area contributed by atoms with Gasteiger partial charge in [-0.25, -0.2) is 9.80 Å². The minimum atomic E-state index is -0.876. The zero-order valence-electron chi connectivity index (χ0n) is 20.3. The van der Waals surface area contributed by atoms with Gasteiger partial charge < -0.3 is 14.1 Å². The number of amides is 1. The average Bonchev–Trinajstić information content (AvgIpc) is 3.57. The van der Waals surface area contributed by atoms with Crippen LogP contribution in [0.4, 0.5) is 5.69 Å². The molecule has 2 aromatic carbocycles. The van der Waals surface area contributed by atoms with Crippen molar-refractivity contribution in [3.8, 4) is 6.07 Å². The fourth-order valence-corrected chi connectivity index (χ4v) is 3.81. The Morgan fingerprint density at radius 2 is 1.89 bits per heavy atom. The maximum absolute atomic E-state index is 13.0. The largest absolute Gasteiger partial charge is 0.467 e. The summed E-state index contributed by atoms with van der Waals surface area (Å²) >= 11 is 0. The third-order valence-corrected chi connectivity index (χ3v) is 5.81. The predicted octanol–water partition coefficient (Wildman–Crippen LogP) is 4.48. The number of esters is 1. The molecule has 4 rings (SSSR count). The molecule has 0 N–H and O–H groups in total. The Labute approximate surface area is 209 Å². The lowest BCUT2D eigenvalue weighted by Crippen LogP contribution is -2.31. The number of furan rings is 1. The number of anilines is 1. The van der Waals surface area contributed by atoms with Crippen LogP contribution in [0.3, 0.4) is 0 Å². The number of hydrogen-bond donors (Lipinski definition) is 0. The number of ether oxygens (including phenoxy) is 1. The third-order valence-electron chi connectivity index (χ3n) is 5.81. The van der Waals surface area contributed by atoms with Crippen LogP contribution in [0.25, 0.3) is 6.08 Å². The Balaban J connectivity index is 1.47. The lowest BCUT2D eigenvalue weighted by atomic mass is 10.0. The van der Waals surface area contributed by atoms with Crippen molar-refractivity contribution in [2.24, 2.45) is 5.10 Å². The van der Waals surface area contributed by atoms with Crippen molar-refractivity contribution in [3.63, 3.8) is 0 Å². The first kappa shape index (κ1) is 24.5. The smallest absolute Gasteiger partial charge is 0.349 e. The van der Waals surface area contributed by atoms with E-state index >= 15 is 0 Å². The molecule has 0 spiro atoms. The van der Waals surface area contributed by atoms with E-state index in [1.54, 1.807) is 24.3 Å². The molecule has 1 unspecified atom stereocenters. The van der Waals surface area contributed by atoms with Gasteiger partial charge in [0.25, 0.3) is 5.91 Å². The highest BCUT2D eigenvalue weighted by atomic mass is 16.5. The average molecular weight is 483 g/mol. The first-order valence-corrected chi connectivity index (χ1v) is 11.4. The van der Waals surface area contributed by atoms with Gasteiger partial charge in [0.1, 0.15) is 23.4 Å². The molecular formula is C28H26N4O4. The summed E-state index contributed by atoms with van der Waals surface area (Å²) < 4.78 is 10.7. The van der Waals surface area contributed by atoms with Crippen LogP contribution in [0.1, 0.15) is 34.9 Å². The van der Waals surface area contributed by atoms with E-state index in [4.69, 9.17) is 9.15 Å². The maximum atomic E-state index is 13.0. The molecule has 182 valence electrons. The maximum Gasteiger partial charge on any atom is 0.349 e. The molecule has 0 fully saturated rings. The Morgan fingerprint density at radius 3 is 2.50 bits per heavy atom. The first-order chi connectivity index (χ1) is 17.4. The Kier molecular flexibility index (Phi) is 7.31. The lowest BCUT2D eigenvalue weighted by molar-refractivity contribution is -0.149. The number of nitriles is 1.